The van der Waals surface area contributed by atoms with E-state index in [0.29, 0.717) is 25.8 Å². The van der Waals surface area contributed by atoms with Gasteiger partial charge in [-0.3, -0.25) is 24.1 Å². The van der Waals surface area contributed by atoms with Crippen LogP contribution in [0.25, 0.3) is 0 Å². The number of carbonyl (C=O) groups excluding carboxylic acids is 2. The number of hydrogen-bond acceptors (Lipinski definition) is 6. The van der Waals surface area contributed by atoms with Gasteiger partial charge >= 0.3 is 10.8 Å². The number of fused-ring (bicyclic) bond motifs is 9. The van der Waals surface area contributed by atoms with Gasteiger partial charge in [0, 0.05) is 29.0 Å². The number of rotatable bonds is 7. The molecule has 2 amide bonds. The van der Waals surface area contributed by atoms with Gasteiger partial charge in [-0.2, -0.15) is 0 Å². The number of thioether (sulfide) groups is 1. The van der Waals surface area contributed by atoms with Crippen molar-refractivity contribution in [3.05, 3.63) is 50.2 Å². The second-order valence-electron chi connectivity index (χ2n) is 10.0. The number of aromatic amines is 1. The second-order valence-corrected chi connectivity index (χ2v) is 12.2. The summed E-state index contributed by atoms with van der Waals surface area (Å²) in [5, 5.41) is 9.76. The number of likely N-dealkylation sites (tertiary alicyclic amines) is 1. The average Bonchev–Trinajstić information content (AvgIpc) is 3.54. The lowest BCUT2D eigenvalue weighted by molar-refractivity contribution is -0.141. The number of carboxylic acid groups (broad SMARTS) is 1. The highest BCUT2D eigenvalue weighted by molar-refractivity contribution is 8.00. The molecule has 2 saturated carbocycles. The summed E-state index contributed by atoms with van der Waals surface area (Å²) < 4.78 is 13.7. The van der Waals surface area contributed by atoms with E-state index in [-0.39, 0.29) is 69.7 Å². The molecule has 3 heterocycles. The molecular formula is C25H25FN2O5S2. The molecule has 0 radical (unpaired) electrons. The van der Waals surface area contributed by atoms with Gasteiger partial charge in [0.05, 0.1) is 16.9 Å². The molecule has 35 heavy (non-hydrogen) atoms. The van der Waals surface area contributed by atoms with Crippen LogP contribution in [0.1, 0.15) is 48.5 Å². The third-order valence-corrected chi connectivity index (χ3v) is 10.9. The van der Waals surface area contributed by atoms with Crippen LogP contribution < -0.4 is 4.87 Å². The SMILES string of the molecule is O=C(O)CCCCCN1C(=O)[C@@H]2[C@H]3C[C@@H]([C@@H]2C1=O)[C@@H]1[C@H](c2ccc(F)cc2)c2sc(=O)[nH]c2S[C@H]31. The van der Waals surface area contributed by atoms with Crippen molar-refractivity contribution in [3.8, 4) is 0 Å². The number of hydrogen-bond donors (Lipinski definition) is 2. The van der Waals surface area contributed by atoms with E-state index in [4.69, 9.17) is 5.11 Å². The maximum Gasteiger partial charge on any atom is 0.305 e. The minimum atomic E-state index is -0.838. The first kappa shape index (κ1) is 23.0. The molecule has 0 unspecified atom stereocenters. The summed E-state index contributed by atoms with van der Waals surface area (Å²) >= 11 is 2.83. The van der Waals surface area contributed by atoms with Gasteiger partial charge in [0.2, 0.25) is 11.8 Å². The van der Waals surface area contributed by atoms with Crippen LogP contribution in [0.15, 0.2) is 34.1 Å². The van der Waals surface area contributed by atoms with Gasteiger partial charge in [-0.25, -0.2) is 4.39 Å². The molecule has 6 rings (SSSR count). The molecule has 3 fully saturated rings. The molecule has 10 heteroatoms. The number of imide groups is 1. The van der Waals surface area contributed by atoms with Crippen molar-refractivity contribution in [1.82, 2.24) is 9.88 Å². The Hall–Kier alpha value is -2.46. The molecule has 1 aromatic carbocycles. The van der Waals surface area contributed by atoms with Crippen molar-refractivity contribution in [2.45, 2.75) is 48.3 Å². The van der Waals surface area contributed by atoms with Crippen LogP contribution in [0.5, 0.6) is 0 Å². The Labute approximate surface area is 209 Å². The van der Waals surface area contributed by atoms with Crippen LogP contribution in [0.4, 0.5) is 4.39 Å². The predicted octanol–water partition coefficient (Wildman–Crippen LogP) is 3.69. The highest BCUT2D eigenvalue weighted by Gasteiger charge is 2.69. The lowest BCUT2D eigenvalue weighted by atomic mass is 9.68. The quantitative estimate of drug-likeness (QED) is 0.429. The van der Waals surface area contributed by atoms with Crippen molar-refractivity contribution in [3.63, 3.8) is 0 Å². The zero-order valence-electron chi connectivity index (χ0n) is 18.8. The number of carbonyl (C=O) groups is 3. The van der Waals surface area contributed by atoms with Crippen molar-refractivity contribution < 1.29 is 23.9 Å². The highest BCUT2D eigenvalue weighted by atomic mass is 32.2. The lowest BCUT2D eigenvalue weighted by Crippen LogP contribution is -2.42. The zero-order valence-corrected chi connectivity index (χ0v) is 20.4. The molecule has 1 saturated heterocycles. The molecule has 7 atom stereocenters. The summed E-state index contributed by atoms with van der Waals surface area (Å²) in [7, 11) is 0. The van der Waals surface area contributed by atoms with E-state index in [1.165, 1.54) is 28.4 Å². The fourth-order valence-electron chi connectivity index (χ4n) is 7.07. The normalized spacial score (nSPS) is 32.6. The molecule has 184 valence electrons. The zero-order chi connectivity index (χ0) is 24.4. The summed E-state index contributed by atoms with van der Waals surface area (Å²) in [6.45, 7) is 0.342. The molecule has 2 aliphatic heterocycles. The Bertz CT molecular complexity index is 1260. The first-order chi connectivity index (χ1) is 16.8. The summed E-state index contributed by atoms with van der Waals surface area (Å²) in [6, 6.07) is 6.42. The average molecular weight is 517 g/mol. The summed E-state index contributed by atoms with van der Waals surface area (Å²) in [6.07, 6.45) is 2.71. The monoisotopic (exact) mass is 516 g/mol. The van der Waals surface area contributed by atoms with Crippen LogP contribution in [-0.4, -0.2) is 44.6 Å². The maximum absolute atomic E-state index is 13.7. The van der Waals surface area contributed by atoms with E-state index in [0.717, 1.165) is 21.9 Å². The van der Waals surface area contributed by atoms with Gasteiger partial charge in [0.1, 0.15) is 5.82 Å². The van der Waals surface area contributed by atoms with Gasteiger partial charge < -0.3 is 10.1 Å². The molecule has 2 bridgehead atoms. The lowest BCUT2D eigenvalue weighted by Gasteiger charge is -2.43. The third kappa shape index (κ3) is 3.59. The van der Waals surface area contributed by atoms with E-state index in [1.807, 2.05) is 0 Å². The fourth-order valence-corrected chi connectivity index (χ4v) is 9.95. The van der Waals surface area contributed by atoms with Crippen LogP contribution in [0, 0.1) is 35.4 Å². The Morgan fingerprint density at radius 3 is 2.49 bits per heavy atom. The standard InChI is InChI=1S/C25H25FN2O5S2/c26-12-7-5-11(6-8-12)16-17-13-10-14(20(17)34-22-21(16)35-25(33)27-22)19-18(13)23(31)28(24(19)32)9-3-1-2-4-15(29)30/h5-8,13-14,16-20H,1-4,9-10H2,(H,27,33)(H,29,30)/t13-,14-,16+,17-,18+,19-,20-/m1/s1. The number of aliphatic carboxylic acids is 1. The number of amides is 2. The van der Waals surface area contributed by atoms with Crippen molar-refractivity contribution >= 4 is 40.9 Å². The van der Waals surface area contributed by atoms with Gasteiger partial charge in [0.25, 0.3) is 0 Å². The molecule has 0 spiro atoms. The second kappa shape index (κ2) is 8.58. The molecular weight excluding hydrogens is 491 g/mol. The van der Waals surface area contributed by atoms with Gasteiger partial charge in [0.15, 0.2) is 0 Å². The van der Waals surface area contributed by atoms with Crippen LogP contribution in [0.2, 0.25) is 0 Å². The number of benzene rings is 1. The molecule has 4 aliphatic rings. The van der Waals surface area contributed by atoms with Crippen molar-refractivity contribution in [2.75, 3.05) is 6.54 Å². The van der Waals surface area contributed by atoms with Gasteiger partial charge in [-0.15, -0.1) is 11.8 Å². The van der Waals surface area contributed by atoms with E-state index in [9.17, 15) is 23.6 Å². The number of nitrogens with one attached hydrogen (secondary N) is 1. The van der Waals surface area contributed by atoms with Gasteiger partial charge in [-0.05, 0) is 54.7 Å². The Balaban J connectivity index is 1.28. The number of thiazole rings is 1. The first-order valence-electron chi connectivity index (χ1n) is 12.1. The largest absolute Gasteiger partial charge is 0.481 e. The highest BCUT2D eigenvalue weighted by Crippen LogP contribution is 2.68. The fraction of sp³-hybridized carbons (Fsp3) is 0.520. The summed E-state index contributed by atoms with van der Waals surface area (Å²) in [5.74, 6) is -1.91. The summed E-state index contributed by atoms with van der Waals surface area (Å²) in [4.78, 5) is 55.0. The topological polar surface area (TPSA) is 108 Å². The smallest absolute Gasteiger partial charge is 0.305 e. The van der Waals surface area contributed by atoms with Crippen LogP contribution >= 0.6 is 23.1 Å². The molecule has 2 N–H and O–H groups in total. The number of halogens is 1. The van der Waals surface area contributed by atoms with E-state index >= 15 is 0 Å². The number of unbranched alkanes of at least 4 members (excludes halogenated alkanes) is 2. The Kier molecular flexibility index (Phi) is 5.63. The molecule has 7 nitrogen and oxygen atoms in total. The number of aromatic nitrogens is 1. The maximum atomic E-state index is 13.7. The Morgan fingerprint density at radius 1 is 1.06 bits per heavy atom. The van der Waals surface area contributed by atoms with E-state index < -0.39 is 5.97 Å². The minimum absolute atomic E-state index is 0.0383. The number of H-pyrrole nitrogens is 1. The molecule has 2 aliphatic carbocycles. The van der Waals surface area contributed by atoms with Gasteiger partial charge in [-0.1, -0.05) is 29.9 Å². The number of carboxylic acids is 1. The summed E-state index contributed by atoms with van der Waals surface area (Å²) in [5.41, 5.74) is 0.939. The minimum Gasteiger partial charge on any atom is -0.481 e. The van der Waals surface area contributed by atoms with Crippen molar-refractivity contribution in [2.24, 2.45) is 29.6 Å². The molecule has 1 aromatic heterocycles. The van der Waals surface area contributed by atoms with E-state index in [2.05, 4.69) is 4.98 Å². The molecule has 2 aromatic rings. The number of nitrogens with zero attached hydrogens (tertiary/aromatic N) is 1. The van der Waals surface area contributed by atoms with Crippen LogP contribution in [0.3, 0.4) is 0 Å². The van der Waals surface area contributed by atoms with Crippen molar-refractivity contribution in [1.29, 1.82) is 0 Å². The Morgan fingerprint density at radius 2 is 1.77 bits per heavy atom. The van der Waals surface area contributed by atoms with Crippen LogP contribution in [-0.2, 0) is 14.4 Å². The predicted molar refractivity (Wildman–Crippen MR) is 128 cm³/mol. The third-order valence-electron chi connectivity index (χ3n) is 8.32. The van der Waals surface area contributed by atoms with E-state index in [1.54, 1.807) is 23.9 Å². The first-order valence-corrected chi connectivity index (χ1v) is 13.8.